The van der Waals surface area contributed by atoms with E-state index in [1.807, 2.05) is 12.3 Å². The number of hydrogen-bond acceptors (Lipinski definition) is 2. The van der Waals surface area contributed by atoms with E-state index in [2.05, 4.69) is 37.1 Å². The molecule has 2 nitrogen and oxygen atoms in total. The number of nitrogens with zero attached hydrogens (tertiary/aromatic N) is 1. The predicted molar refractivity (Wildman–Crippen MR) is 66.2 cm³/mol. The molecule has 0 fully saturated rings. The quantitative estimate of drug-likeness (QED) is 0.766. The van der Waals surface area contributed by atoms with Crippen LogP contribution in [0.15, 0.2) is 18.3 Å². The van der Waals surface area contributed by atoms with Crippen LogP contribution in [0.25, 0.3) is 0 Å². The van der Waals surface area contributed by atoms with Gasteiger partial charge >= 0.3 is 0 Å². The van der Waals surface area contributed by atoms with E-state index in [4.69, 9.17) is 0 Å². The summed E-state index contributed by atoms with van der Waals surface area (Å²) in [7, 11) is 0. The van der Waals surface area contributed by atoms with Crippen LogP contribution in [0.2, 0.25) is 0 Å². The van der Waals surface area contributed by atoms with Crippen LogP contribution in [0.3, 0.4) is 0 Å². The van der Waals surface area contributed by atoms with Crippen molar-refractivity contribution in [2.45, 2.75) is 52.5 Å². The van der Waals surface area contributed by atoms with Gasteiger partial charge in [-0.3, -0.25) is 4.98 Å². The molecule has 0 saturated carbocycles. The summed E-state index contributed by atoms with van der Waals surface area (Å²) in [5.41, 5.74) is 2.28. The molecule has 0 saturated heterocycles. The fourth-order valence-corrected chi connectivity index (χ4v) is 1.84. The average molecular weight is 206 g/mol. The van der Waals surface area contributed by atoms with Crippen molar-refractivity contribution < 1.29 is 0 Å². The highest BCUT2D eigenvalue weighted by Crippen LogP contribution is 2.16. The summed E-state index contributed by atoms with van der Waals surface area (Å²) in [5.74, 6) is 0. The minimum Gasteiger partial charge on any atom is -0.381 e. The van der Waals surface area contributed by atoms with Gasteiger partial charge in [-0.15, -0.1) is 0 Å². The smallest absolute Gasteiger partial charge is 0.0603 e. The molecule has 15 heavy (non-hydrogen) atoms. The van der Waals surface area contributed by atoms with Gasteiger partial charge in [0.2, 0.25) is 0 Å². The van der Waals surface area contributed by atoms with E-state index in [-0.39, 0.29) is 0 Å². The number of pyridine rings is 1. The van der Waals surface area contributed by atoms with E-state index in [9.17, 15) is 0 Å². The molecule has 0 amide bonds. The molecule has 0 aromatic carbocycles. The van der Waals surface area contributed by atoms with Gasteiger partial charge in [-0.25, -0.2) is 0 Å². The molecular weight excluding hydrogens is 184 g/mol. The van der Waals surface area contributed by atoms with Crippen molar-refractivity contribution >= 4 is 5.69 Å². The first kappa shape index (κ1) is 12.0. The van der Waals surface area contributed by atoms with Crippen LogP contribution < -0.4 is 5.32 Å². The Hall–Kier alpha value is -1.05. The van der Waals surface area contributed by atoms with E-state index in [0.29, 0.717) is 6.04 Å². The molecule has 0 aliphatic carbocycles. The minimum atomic E-state index is 0.600. The summed E-state index contributed by atoms with van der Waals surface area (Å²) >= 11 is 0. The van der Waals surface area contributed by atoms with Gasteiger partial charge in [-0.2, -0.15) is 0 Å². The Kier molecular flexibility index (Phi) is 5.16. The van der Waals surface area contributed by atoms with Crippen molar-refractivity contribution in [1.29, 1.82) is 0 Å². The molecule has 1 aromatic heterocycles. The van der Waals surface area contributed by atoms with Crippen LogP contribution in [0, 0.1) is 6.92 Å². The standard InChI is InChI=1S/C13H22N2/c1-4-7-12(8-5-2)15-13-9-6-10-14-11(13)3/h6,9-10,12,15H,4-5,7-8H2,1-3H3. The first-order chi connectivity index (χ1) is 7.27. The summed E-state index contributed by atoms with van der Waals surface area (Å²) in [6, 6.07) is 4.70. The van der Waals surface area contributed by atoms with Crippen molar-refractivity contribution in [3.63, 3.8) is 0 Å². The third-order valence-electron chi connectivity index (χ3n) is 2.64. The Morgan fingerprint density at radius 2 is 1.93 bits per heavy atom. The van der Waals surface area contributed by atoms with Crippen LogP contribution in [0.5, 0.6) is 0 Å². The normalized spacial score (nSPS) is 10.7. The Morgan fingerprint density at radius 3 is 2.47 bits per heavy atom. The molecule has 1 N–H and O–H groups in total. The maximum Gasteiger partial charge on any atom is 0.0603 e. The lowest BCUT2D eigenvalue weighted by Crippen LogP contribution is -2.19. The molecule has 1 aromatic rings. The number of anilines is 1. The Bertz CT molecular complexity index is 278. The monoisotopic (exact) mass is 206 g/mol. The van der Waals surface area contributed by atoms with E-state index < -0.39 is 0 Å². The van der Waals surface area contributed by atoms with Crippen molar-refractivity contribution in [3.8, 4) is 0 Å². The van der Waals surface area contributed by atoms with Crippen LogP contribution in [0.4, 0.5) is 5.69 Å². The predicted octanol–water partition coefficient (Wildman–Crippen LogP) is 3.77. The maximum atomic E-state index is 4.29. The number of nitrogens with one attached hydrogen (secondary N) is 1. The van der Waals surface area contributed by atoms with Gasteiger partial charge in [0.1, 0.15) is 0 Å². The van der Waals surface area contributed by atoms with Crippen molar-refractivity contribution in [3.05, 3.63) is 24.0 Å². The summed E-state index contributed by atoms with van der Waals surface area (Å²) in [6.07, 6.45) is 6.79. The lowest BCUT2D eigenvalue weighted by Gasteiger charge is -2.19. The van der Waals surface area contributed by atoms with Gasteiger partial charge in [0.15, 0.2) is 0 Å². The number of rotatable bonds is 6. The van der Waals surface area contributed by atoms with Crippen LogP contribution in [-0.2, 0) is 0 Å². The van der Waals surface area contributed by atoms with Crippen LogP contribution in [-0.4, -0.2) is 11.0 Å². The van der Waals surface area contributed by atoms with Crippen molar-refractivity contribution in [2.75, 3.05) is 5.32 Å². The molecule has 2 heteroatoms. The third kappa shape index (κ3) is 3.90. The van der Waals surface area contributed by atoms with Gasteiger partial charge in [0.25, 0.3) is 0 Å². The van der Waals surface area contributed by atoms with E-state index in [0.717, 1.165) is 5.69 Å². The highest BCUT2D eigenvalue weighted by Gasteiger charge is 2.07. The summed E-state index contributed by atoms with van der Waals surface area (Å²) < 4.78 is 0. The van der Waals surface area contributed by atoms with Gasteiger partial charge < -0.3 is 5.32 Å². The molecule has 84 valence electrons. The SMILES string of the molecule is CCCC(CCC)Nc1cccnc1C. The first-order valence-corrected chi connectivity index (χ1v) is 5.96. The fraction of sp³-hybridized carbons (Fsp3) is 0.615. The van der Waals surface area contributed by atoms with Gasteiger partial charge in [-0.1, -0.05) is 26.7 Å². The first-order valence-electron chi connectivity index (χ1n) is 5.96. The molecule has 0 unspecified atom stereocenters. The zero-order valence-electron chi connectivity index (χ0n) is 10.1. The number of aryl methyl sites for hydroxylation is 1. The minimum absolute atomic E-state index is 0.600. The third-order valence-corrected chi connectivity index (χ3v) is 2.64. The highest BCUT2D eigenvalue weighted by atomic mass is 14.9. The van der Waals surface area contributed by atoms with Crippen LogP contribution >= 0.6 is 0 Å². The molecule has 1 rings (SSSR count). The Morgan fingerprint density at radius 1 is 1.27 bits per heavy atom. The van der Waals surface area contributed by atoms with Crippen molar-refractivity contribution in [2.24, 2.45) is 0 Å². The zero-order valence-corrected chi connectivity index (χ0v) is 10.1. The lowest BCUT2D eigenvalue weighted by atomic mass is 10.1. The second kappa shape index (κ2) is 6.44. The molecule has 0 aliphatic heterocycles. The summed E-state index contributed by atoms with van der Waals surface area (Å²) in [5, 5.41) is 3.59. The largest absolute Gasteiger partial charge is 0.381 e. The van der Waals surface area contributed by atoms with E-state index in [1.165, 1.54) is 31.4 Å². The second-order valence-electron chi connectivity index (χ2n) is 4.05. The van der Waals surface area contributed by atoms with Gasteiger partial charge in [0.05, 0.1) is 11.4 Å². The molecule has 0 spiro atoms. The second-order valence-corrected chi connectivity index (χ2v) is 4.05. The highest BCUT2D eigenvalue weighted by molar-refractivity contribution is 5.47. The van der Waals surface area contributed by atoms with E-state index >= 15 is 0 Å². The molecule has 0 bridgehead atoms. The topological polar surface area (TPSA) is 24.9 Å². The molecule has 1 heterocycles. The number of hydrogen-bond donors (Lipinski definition) is 1. The maximum absolute atomic E-state index is 4.29. The average Bonchev–Trinajstić information content (AvgIpc) is 2.22. The molecule has 0 aliphatic rings. The zero-order chi connectivity index (χ0) is 11.1. The van der Waals surface area contributed by atoms with Crippen LogP contribution in [0.1, 0.15) is 45.2 Å². The van der Waals surface area contributed by atoms with E-state index in [1.54, 1.807) is 0 Å². The van der Waals surface area contributed by atoms with Gasteiger partial charge in [-0.05, 0) is 31.9 Å². The fourth-order valence-electron chi connectivity index (χ4n) is 1.84. The van der Waals surface area contributed by atoms with Crippen molar-refractivity contribution in [1.82, 2.24) is 4.98 Å². The molecule has 0 radical (unpaired) electrons. The summed E-state index contributed by atoms with van der Waals surface area (Å²) in [4.78, 5) is 4.29. The number of aromatic nitrogens is 1. The Balaban J connectivity index is 2.60. The lowest BCUT2D eigenvalue weighted by molar-refractivity contribution is 0.585. The Labute approximate surface area is 93.1 Å². The van der Waals surface area contributed by atoms with Gasteiger partial charge in [0, 0.05) is 12.2 Å². The molecular formula is C13H22N2. The summed E-state index contributed by atoms with van der Waals surface area (Å²) in [6.45, 7) is 6.53. The molecule has 0 atom stereocenters.